The summed E-state index contributed by atoms with van der Waals surface area (Å²) in [6.45, 7) is 10.2. The molecule has 0 atom stereocenters. The number of anilines is 1. The Hall–Kier alpha value is -2.73. The van der Waals surface area contributed by atoms with Gasteiger partial charge in [-0.2, -0.15) is 4.90 Å². The topological polar surface area (TPSA) is 105 Å². The Morgan fingerprint density at radius 1 is 0.958 bits per heavy atom. The number of hydrogen-bond donors (Lipinski definition) is 0. The molecule has 0 aliphatic rings. The Bertz CT molecular complexity index is 622. The Labute approximate surface area is 141 Å². The van der Waals surface area contributed by atoms with Crippen molar-refractivity contribution in [1.82, 2.24) is 0 Å². The summed E-state index contributed by atoms with van der Waals surface area (Å²) >= 11 is 0. The highest BCUT2D eigenvalue weighted by Gasteiger charge is 2.32. The van der Waals surface area contributed by atoms with Crippen LogP contribution in [0, 0.1) is 0 Å². The molecule has 0 bridgehead atoms. The number of ether oxygens (including phenoxy) is 2. The van der Waals surface area contributed by atoms with E-state index in [1.54, 1.807) is 41.5 Å². The lowest BCUT2D eigenvalue weighted by molar-refractivity contribution is 0.0431. The summed E-state index contributed by atoms with van der Waals surface area (Å²) in [6, 6.07) is 5.91. The quantitative estimate of drug-likeness (QED) is 0.415. The zero-order valence-electron chi connectivity index (χ0n) is 14.7. The predicted octanol–water partition coefficient (Wildman–Crippen LogP) is 5.31. The third kappa shape index (κ3) is 6.18. The standard InChI is InChI=1S/C16H22N4O4/c1-15(2,3)23-13(21)20(14(22)24-16(4,5)6)12-9-7-11(8-10-12)18-19-17/h7-10H,1-6H3. The summed E-state index contributed by atoms with van der Waals surface area (Å²) < 4.78 is 10.5. The first-order valence-corrected chi connectivity index (χ1v) is 7.34. The molecule has 0 unspecified atom stereocenters. The molecule has 0 heterocycles. The summed E-state index contributed by atoms with van der Waals surface area (Å²) in [5.41, 5.74) is 7.48. The van der Waals surface area contributed by atoms with E-state index < -0.39 is 23.4 Å². The van der Waals surface area contributed by atoms with Crippen LogP contribution in [0.4, 0.5) is 21.0 Å². The second-order valence-corrected chi connectivity index (χ2v) is 7.00. The zero-order chi connectivity index (χ0) is 18.5. The lowest BCUT2D eigenvalue weighted by Crippen LogP contribution is -2.43. The molecule has 0 fully saturated rings. The van der Waals surface area contributed by atoms with Crippen molar-refractivity contribution >= 4 is 23.6 Å². The van der Waals surface area contributed by atoms with Crippen LogP contribution in [-0.4, -0.2) is 23.4 Å². The van der Waals surface area contributed by atoms with Crippen molar-refractivity contribution in [3.05, 3.63) is 34.7 Å². The number of amides is 2. The van der Waals surface area contributed by atoms with Gasteiger partial charge in [0.1, 0.15) is 11.2 Å². The summed E-state index contributed by atoms with van der Waals surface area (Å²) in [6.07, 6.45) is -1.71. The molecule has 0 aliphatic carbocycles. The first-order chi connectivity index (χ1) is 10.9. The fraction of sp³-hybridized carbons (Fsp3) is 0.500. The van der Waals surface area contributed by atoms with Gasteiger partial charge >= 0.3 is 12.2 Å². The van der Waals surface area contributed by atoms with Crippen LogP contribution >= 0.6 is 0 Å². The minimum absolute atomic E-state index is 0.246. The van der Waals surface area contributed by atoms with Crippen molar-refractivity contribution in [2.45, 2.75) is 52.7 Å². The molecule has 0 aromatic heterocycles. The molecule has 1 aromatic carbocycles. The summed E-state index contributed by atoms with van der Waals surface area (Å²) in [4.78, 5) is 28.3. The maximum atomic E-state index is 12.4. The van der Waals surface area contributed by atoms with E-state index in [0.29, 0.717) is 5.69 Å². The van der Waals surface area contributed by atoms with Crippen molar-refractivity contribution < 1.29 is 19.1 Å². The molecule has 0 saturated heterocycles. The van der Waals surface area contributed by atoms with Gasteiger partial charge in [-0.1, -0.05) is 17.2 Å². The van der Waals surface area contributed by atoms with Crippen LogP contribution in [0.5, 0.6) is 0 Å². The minimum Gasteiger partial charge on any atom is -0.443 e. The van der Waals surface area contributed by atoms with Crippen LogP contribution in [0.3, 0.4) is 0 Å². The van der Waals surface area contributed by atoms with E-state index >= 15 is 0 Å². The number of azide groups is 1. The highest BCUT2D eigenvalue weighted by atomic mass is 16.6. The minimum atomic E-state index is -0.853. The highest BCUT2D eigenvalue weighted by Crippen LogP contribution is 2.24. The number of hydrogen-bond acceptors (Lipinski definition) is 5. The third-order valence-electron chi connectivity index (χ3n) is 2.42. The van der Waals surface area contributed by atoms with Crippen molar-refractivity contribution in [2.75, 3.05) is 4.90 Å². The van der Waals surface area contributed by atoms with Crippen LogP contribution in [-0.2, 0) is 9.47 Å². The van der Waals surface area contributed by atoms with Gasteiger partial charge in [0.2, 0.25) is 0 Å². The summed E-state index contributed by atoms with van der Waals surface area (Å²) in [7, 11) is 0. The smallest absolute Gasteiger partial charge is 0.424 e. The highest BCUT2D eigenvalue weighted by molar-refractivity contribution is 6.09. The lowest BCUT2D eigenvalue weighted by atomic mass is 10.2. The number of rotatable bonds is 2. The van der Waals surface area contributed by atoms with Crippen molar-refractivity contribution in [2.24, 2.45) is 5.11 Å². The van der Waals surface area contributed by atoms with E-state index in [2.05, 4.69) is 10.0 Å². The molecule has 8 nitrogen and oxygen atoms in total. The van der Waals surface area contributed by atoms with Gasteiger partial charge in [-0.15, -0.1) is 0 Å². The van der Waals surface area contributed by atoms with Crippen molar-refractivity contribution in [1.29, 1.82) is 0 Å². The van der Waals surface area contributed by atoms with Crippen LogP contribution in [0.2, 0.25) is 0 Å². The van der Waals surface area contributed by atoms with Crippen molar-refractivity contribution in [3.8, 4) is 0 Å². The molecule has 24 heavy (non-hydrogen) atoms. The van der Waals surface area contributed by atoms with Gasteiger partial charge in [0.05, 0.1) is 5.69 Å². The molecule has 0 radical (unpaired) electrons. The summed E-state index contributed by atoms with van der Waals surface area (Å²) in [5, 5.41) is 3.45. The molecular weight excluding hydrogens is 312 g/mol. The van der Waals surface area contributed by atoms with Gasteiger partial charge < -0.3 is 9.47 Å². The van der Waals surface area contributed by atoms with Gasteiger partial charge in [-0.25, -0.2) is 9.59 Å². The second-order valence-electron chi connectivity index (χ2n) is 7.00. The number of imide groups is 1. The number of carbonyl (C=O) groups is 2. The summed E-state index contributed by atoms with van der Waals surface area (Å²) in [5.74, 6) is 0. The van der Waals surface area contributed by atoms with E-state index in [9.17, 15) is 9.59 Å². The predicted molar refractivity (Wildman–Crippen MR) is 90.2 cm³/mol. The van der Waals surface area contributed by atoms with E-state index in [4.69, 9.17) is 15.0 Å². The first-order valence-electron chi connectivity index (χ1n) is 7.34. The van der Waals surface area contributed by atoms with Gasteiger partial charge in [0.25, 0.3) is 0 Å². The number of nitrogens with zero attached hydrogens (tertiary/aromatic N) is 4. The molecule has 8 heteroatoms. The number of carbonyl (C=O) groups excluding carboxylic acids is 2. The van der Waals surface area contributed by atoms with Gasteiger partial charge in [-0.3, -0.25) is 0 Å². The maximum Gasteiger partial charge on any atom is 0.424 e. The van der Waals surface area contributed by atoms with E-state index in [1.165, 1.54) is 24.3 Å². The molecule has 130 valence electrons. The monoisotopic (exact) mass is 334 g/mol. The molecule has 0 spiro atoms. The molecule has 0 N–H and O–H groups in total. The molecule has 1 aromatic rings. The van der Waals surface area contributed by atoms with E-state index in [0.717, 1.165) is 4.90 Å². The fourth-order valence-electron chi connectivity index (χ4n) is 1.62. The number of benzene rings is 1. The van der Waals surface area contributed by atoms with Crippen LogP contribution in [0.25, 0.3) is 10.4 Å². The molecule has 0 aliphatic heterocycles. The SMILES string of the molecule is CC(C)(C)OC(=O)N(C(=O)OC(C)(C)C)c1ccc(N=[N+]=[N-])cc1. The van der Waals surface area contributed by atoms with E-state index in [1.807, 2.05) is 0 Å². The maximum absolute atomic E-state index is 12.4. The molecule has 0 saturated carbocycles. The zero-order valence-corrected chi connectivity index (χ0v) is 14.7. The third-order valence-corrected chi connectivity index (χ3v) is 2.42. The van der Waals surface area contributed by atoms with Gasteiger partial charge in [0.15, 0.2) is 0 Å². The fourth-order valence-corrected chi connectivity index (χ4v) is 1.62. The molecular formula is C16H22N4O4. The molecule has 1 rings (SSSR count). The van der Waals surface area contributed by atoms with Gasteiger partial charge in [-0.05, 0) is 59.2 Å². The van der Waals surface area contributed by atoms with Gasteiger partial charge in [0, 0.05) is 10.6 Å². The van der Waals surface area contributed by atoms with Crippen LogP contribution < -0.4 is 4.90 Å². The first kappa shape index (κ1) is 19.3. The van der Waals surface area contributed by atoms with E-state index in [-0.39, 0.29) is 5.69 Å². The average molecular weight is 334 g/mol. The molecule has 2 amide bonds. The lowest BCUT2D eigenvalue weighted by Gasteiger charge is -2.28. The normalized spacial score (nSPS) is 11.2. The van der Waals surface area contributed by atoms with Crippen molar-refractivity contribution in [3.63, 3.8) is 0 Å². The Morgan fingerprint density at radius 2 is 1.38 bits per heavy atom. The van der Waals surface area contributed by atoms with Crippen LogP contribution in [0.1, 0.15) is 41.5 Å². The second kappa shape index (κ2) is 7.23. The Balaban J connectivity index is 3.19. The average Bonchev–Trinajstić information content (AvgIpc) is 2.37. The largest absolute Gasteiger partial charge is 0.443 e. The Morgan fingerprint density at radius 3 is 1.71 bits per heavy atom. The Kier molecular flexibility index (Phi) is 5.82. The van der Waals surface area contributed by atoms with Crippen LogP contribution in [0.15, 0.2) is 29.4 Å².